The molecule has 1 amide bonds. The molecule has 0 bridgehead atoms. The zero-order chi connectivity index (χ0) is 14.7. The summed E-state index contributed by atoms with van der Waals surface area (Å²) in [6.45, 7) is 0.132. The summed E-state index contributed by atoms with van der Waals surface area (Å²) in [5, 5.41) is 0.953. The molecular weight excluding hydrogens is 266 g/mol. The van der Waals surface area contributed by atoms with Gasteiger partial charge in [-0.1, -0.05) is 36.4 Å². The molecule has 0 unspecified atom stereocenters. The number of amides is 1. The van der Waals surface area contributed by atoms with Crippen molar-refractivity contribution in [2.75, 3.05) is 18.7 Å². The average molecular weight is 281 g/mol. The smallest absolute Gasteiger partial charge is 0.262 e. The maximum Gasteiger partial charge on any atom is 0.262 e. The molecule has 0 aliphatic rings. The quantitative estimate of drug-likeness (QED) is 0.685. The number of benzene rings is 2. The van der Waals surface area contributed by atoms with E-state index in [1.807, 2.05) is 48.5 Å². The molecule has 0 aliphatic heterocycles. The molecule has 1 aromatic heterocycles. The van der Waals surface area contributed by atoms with Gasteiger partial charge in [0, 0.05) is 24.1 Å². The van der Waals surface area contributed by atoms with Crippen LogP contribution in [0.3, 0.4) is 0 Å². The molecule has 106 valence electrons. The van der Waals surface area contributed by atoms with Crippen LogP contribution in [0.4, 0.5) is 5.88 Å². The Morgan fingerprint density at radius 2 is 1.81 bits per heavy atom. The lowest BCUT2D eigenvalue weighted by Crippen LogP contribution is -2.32. The van der Waals surface area contributed by atoms with Crippen molar-refractivity contribution >= 4 is 22.8 Å². The first-order valence-electron chi connectivity index (χ1n) is 6.64. The number of fused-ring (bicyclic) bond motifs is 1. The van der Waals surface area contributed by atoms with Crippen molar-refractivity contribution in [3.05, 3.63) is 66.2 Å². The Morgan fingerprint density at radius 1 is 1.10 bits per heavy atom. The topological polar surface area (TPSA) is 42.7 Å². The standard InChI is InChI=1S/C17H15NO3/c1-20-12-18(17(19)13-7-3-2-4-8-13)16-11-14-9-5-6-10-15(14)21-16/h2-11H,12H2,1H3. The van der Waals surface area contributed by atoms with Crippen LogP contribution in [0.25, 0.3) is 11.0 Å². The Balaban J connectivity index is 1.99. The summed E-state index contributed by atoms with van der Waals surface area (Å²) in [6, 6.07) is 18.6. The lowest BCUT2D eigenvalue weighted by molar-refractivity contribution is 0.0929. The van der Waals surface area contributed by atoms with E-state index in [9.17, 15) is 4.79 Å². The minimum Gasteiger partial charge on any atom is -0.440 e. The van der Waals surface area contributed by atoms with Crippen molar-refractivity contribution in [2.45, 2.75) is 0 Å². The maximum atomic E-state index is 12.6. The molecule has 0 radical (unpaired) electrons. The molecular formula is C17H15NO3. The van der Waals surface area contributed by atoms with Crippen molar-refractivity contribution in [1.82, 2.24) is 0 Å². The van der Waals surface area contributed by atoms with Crippen LogP contribution in [0, 0.1) is 0 Å². The normalized spacial score (nSPS) is 10.7. The molecule has 4 nitrogen and oxygen atoms in total. The minimum absolute atomic E-state index is 0.132. The number of anilines is 1. The molecule has 0 N–H and O–H groups in total. The van der Waals surface area contributed by atoms with Gasteiger partial charge in [0.15, 0.2) is 0 Å². The highest BCUT2D eigenvalue weighted by molar-refractivity contribution is 6.06. The Morgan fingerprint density at radius 3 is 2.52 bits per heavy atom. The van der Waals surface area contributed by atoms with Gasteiger partial charge in [-0.3, -0.25) is 9.69 Å². The summed E-state index contributed by atoms with van der Waals surface area (Å²) >= 11 is 0. The van der Waals surface area contributed by atoms with Crippen LogP contribution in [0.2, 0.25) is 0 Å². The van der Waals surface area contributed by atoms with Crippen LogP contribution in [0.1, 0.15) is 10.4 Å². The molecule has 4 heteroatoms. The van der Waals surface area contributed by atoms with Gasteiger partial charge in [-0.15, -0.1) is 0 Å². The first-order chi connectivity index (χ1) is 10.3. The Labute approximate surface area is 122 Å². The van der Waals surface area contributed by atoms with Gasteiger partial charge in [-0.2, -0.15) is 0 Å². The molecule has 0 saturated carbocycles. The van der Waals surface area contributed by atoms with Gasteiger partial charge in [0.1, 0.15) is 12.3 Å². The first kappa shape index (κ1) is 13.4. The van der Waals surface area contributed by atoms with Crippen molar-refractivity contribution in [1.29, 1.82) is 0 Å². The second-order valence-corrected chi connectivity index (χ2v) is 4.64. The zero-order valence-electron chi connectivity index (χ0n) is 11.7. The van der Waals surface area contributed by atoms with E-state index in [2.05, 4.69) is 0 Å². The van der Waals surface area contributed by atoms with Gasteiger partial charge in [0.2, 0.25) is 5.88 Å². The monoisotopic (exact) mass is 281 g/mol. The number of nitrogens with zero attached hydrogens (tertiary/aromatic N) is 1. The second-order valence-electron chi connectivity index (χ2n) is 4.64. The number of carbonyl (C=O) groups excluding carboxylic acids is 1. The second kappa shape index (κ2) is 5.81. The highest BCUT2D eigenvalue weighted by atomic mass is 16.5. The van der Waals surface area contributed by atoms with E-state index >= 15 is 0 Å². The van der Waals surface area contributed by atoms with E-state index in [0.717, 1.165) is 11.0 Å². The Kier molecular flexibility index (Phi) is 3.71. The van der Waals surface area contributed by atoms with Crippen molar-refractivity contribution in [3.8, 4) is 0 Å². The Bertz CT molecular complexity index is 716. The number of rotatable bonds is 4. The summed E-state index contributed by atoms with van der Waals surface area (Å²) in [4.78, 5) is 14.1. The summed E-state index contributed by atoms with van der Waals surface area (Å²) in [7, 11) is 1.55. The fourth-order valence-corrected chi connectivity index (χ4v) is 2.19. The molecule has 0 aliphatic carbocycles. The third-order valence-corrected chi connectivity index (χ3v) is 3.20. The van der Waals surface area contributed by atoms with E-state index in [0.29, 0.717) is 11.4 Å². The molecule has 0 spiro atoms. The van der Waals surface area contributed by atoms with Crippen LogP contribution < -0.4 is 4.90 Å². The van der Waals surface area contributed by atoms with Crippen LogP contribution in [-0.4, -0.2) is 19.7 Å². The molecule has 0 atom stereocenters. The van der Waals surface area contributed by atoms with E-state index in [4.69, 9.17) is 9.15 Å². The summed E-state index contributed by atoms with van der Waals surface area (Å²) < 4.78 is 10.9. The van der Waals surface area contributed by atoms with Crippen LogP contribution >= 0.6 is 0 Å². The van der Waals surface area contributed by atoms with E-state index in [-0.39, 0.29) is 12.6 Å². The fraction of sp³-hybridized carbons (Fsp3) is 0.118. The van der Waals surface area contributed by atoms with Crippen molar-refractivity contribution in [2.24, 2.45) is 0 Å². The van der Waals surface area contributed by atoms with Crippen molar-refractivity contribution in [3.63, 3.8) is 0 Å². The van der Waals surface area contributed by atoms with Crippen LogP contribution in [-0.2, 0) is 4.74 Å². The molecule has 1 heterocycles. The van der Waals surface area contributed by atoms with Gasteiger partial charge >= 0.3 is 0 Å². The number of furan rings is 1. The largest absolute Gasteiger partial charge is 0.440 e. The number of hydrogen-bond acceptors (Lipinski definition) is 3. The highest BCUT2D eigenvalue weighted by Gasteiger charge is 2.20. The molecule has 21 heavy (non-hydrogen) atoms. The third-order valence-electron chi connectivity index (χ3n) is 3.20. The van der Waals surface area contributed by atoms with Gasteiger partial charge in [0.05, 0.1) is 0 Å². The molecule has 0 saturated heterocycles. The Hall–Kier alpha value is -2.59. The van der Waals surface area contributed by atoms with Crippen LogP contribution in [0.15, 0.2) is 65.1 Å². The van der Waals surface area contributed by atoms with E-state index < -0.39 is 0 Å². The average Bonchev–Trinajstić information content (AvgIpc) is 2.96. The fourth-order valence-electron chi connectivity index (χ4n) is 2.19. The number of hydrogen-bond donors (Lipinski definition) is 0. The molecule has 2 aromatic carbocycles. The van der Waals surface area contributed by atoms with Crippen molar-refractivity contribution < 1.29 is 13.9 Å². The maximum absolute atomic E-state index is 12.6. The molecule has 3 rings (SSSR count). The van der Waals surface area contributed by atoms with Gasteiger partial charge < -0.3 is 9.15 Å². The van der Waals surface area contributed by atoms with Gasteiger partial charge in [-0.25, -0.2) is 0 Å². The van der Waals surface area contributed by atoms with Gasteiger partial charge in [-0.05, 0) is 18.2 Å². The zero-order valence-corrected chi connectivity index (χ0v) is 11.7. The highest BCUT2D eigenvalue weighted by Crippen LogP contribution is 2.26. The van der Waals surface area contributed by atoms with E-state index in [1.165, 1.54) is 4.90 Å². The predicted molar refractivity (Wildman–Crippen MR) is 81.3 cm³/mol. The van der Waals surface area contributed by atoms with Crippen LogP contribution in [0.5, 0.6) is 0 Å². The lowest BCUT2D eigenvalue weighted by atomic mass is 10.2. The third kappa shape index (κ3) is 2.66. The predicted octanol–water partition coefficient (Wildman–Crippen LogP) is 3.68. The molecule has 0 fully saturated rings. The van der Waals surface area contributed by atoms with Gasteiger partial charge in [0.25, 0.3) is 5.91 Å². The number of methoxy groups -OCH3 is 1. The number of carbonyl (C=O) groups is 1. The minimum atomic E-state index is -0.156. The first-order valence-corrected chi connectivity index (χ1v) is 6.64. The van der Waals surface area contributed by atoms with E-state index in [1.54, 1.807) is 19.2 Å². The number of ether oxygens (including phenoxy) is 1. The summed E-state index contributed by atoms with van der Waals surface area (Å²) in [5.74, 6) is 0.323. The SMILES string of the molecule is COCN(C(=O)c1ccccc1)c1cc2ccccc2o1. The molecule has 3 aromatic rings. The number of para-hydroxylation sites is 1. The summed E-state index contributed by atoms with van der Waals surface area (Å²) in [6.07, 6.45) is 0. The summed E-state index contributed by atoms with van der Waals surface area (Å²) in [5.41, 5.74) is 1.34. The lowest BCUT2D eigenvalue weighted by Gasteiger charge is -2.18.